The predicted molar refractivity (Wildman–Crippen MR) is 98.7 cm³/mol. The number of rotatable bonds is 5. The minimum Gasteiger partial charge on any atom is -0.350 e. The lowest BCUT2D eigenvalue weighted by atomic mass is 9.95. The van der Waals surface area contributed by atoms with Crippen LogP contribution < -0.4 is 5.32 Å². The van der Waals surface area contributed by atoms with Crippen LogP contribution in [0.5, 0.6) is 0 Å². The van der Waals surface area contributed by atoms with Crippen LogP contribution in [0.15, 0.2) is 48.9 Å². The molecule has 0 spiro atoms. The Bertz CT molecular complexity index is 889. The van der Waals surface area contributed by atoms with E-state index in [1.165, 1.54) is 24.1 Å². The summed E-state index contributed by atoms with van der Waals surface area (Å²) in [6, 6.07) is 9.44. The van der Waals surface area contributed by atoms with Crippen molar-refractivity contribution >= 4 is 5.91 Å². The van der Waals surface area contributed by atoms with E-state index in [0.717, 1.165) is 24.2 Å². The van der Waals surface area contributed by atoms with Crippen LogP contribution >= 0.6 is 0 Å². The fourth-order valence-electron chi connectivity index (χ4n) is 3.44. The van der Waals surface area contributed by atoms with Gasteiger partial charge in [0.1, 0.15) is 5.69 Å². The van der Waals surface area contributed by atoms with Gasteiger partial charge in [-0.3, -0.25) is 19.4 Å². The summed E-state index contributed by atoms with van der Waals surface area (Å²) >= 11 is 0. The van der Waals surface area contributed by atoms with E-state index in [-0.39, 0.29) is 5.91 Å². The lowest BCUT2D eigenvalue weighted by molar-refractivity contribution is 0.0951. The van der Waals surface area contributed by atoms with Gasteiger partial charge in [0.05, 0.1) is 17.8 Å². The van der Waals surface area contributed by atoms with Crippen LogP contribution in [0.3, 0.4) is 0 Å². The summed E-state index contributed by atoms with van der Waals surface area (Å²) in [6.07, 6.45) is 9.49. The zero-order valence-corrected chi connectivity index (χ0v) is 14.6. The number of carbonyl (C=O) groups excluding carboxylic acids is 1. The van der Waals surface area contributed by atoms with E-state index in [0.29, 0.717) is 18.7 Å². The molecule has 0 radical (unpaired) electrons. The van der Waals surface area contributed by atoms with E-state index >= 15 is 0 Å². The molecular formula is C20H21N5O. The minimum atomic E-state index is -0.107. The normalized spacial score (nSPS) is 13.2. The molecule has 1 amide bonds. The third-order valence-electron chi connectivity index (χ3n) is 4.70. The van der Waals surface area contributed by atoms with Crippen LogP contribution in [-0.4, -0.2) is 32.2 Å². The monoisotopic (exact) mass is 347 g/mol. The van der Waals surface area contributed by atoms with E-state index in [1.807, 2.05) is 22.9 Å². The second kappa shape index (κ2) is 7.47. The van der Waals surface area contributed by atoms with Crippen molar-refractivity contribution in [2.75, 3.05) is 6.54 Å². The molecule has 1 aliphatic carbocycles. The summed E-state index contributed by atoms with van der Waals surface area (Å²) in [5, 5.41) is 7.77. The highest BCUT2D eigenvalue weighted by atomic mass is 16.1. The number of hydrogen-bond acceptors (Lipinski definition) is 4. The molecule has 1 aliphatic rings. The molecule has 0 saturated heterocycles. The smallest absolute Gasteiger partial charge is 0.252 e. The second-order valence-corrected chi connectivity index (χ2v) is 6.42. The number of aromatic nitrogens is 4. The van der Waals surface area contributed by atoms with Crippen molar-refractivity contribution in [3.8, 4) is 11.4 Å². The van der Waals surface area contributed by atoms with Crippen molar-refractivity contribution in [3.05, 3.63) is 65.7 Å². The zero-order valence-electron chi connectivity index (χ0n) is 14.6. The molecule has 0 aliphatic heterocycles. The topological polar surface area (TPSA) is 72.7 Å². The fraction of sp³-hybridized carbons (Fsp3) is 0.300. The van der Waals surface area contributed by atoms with Crippen molar-refractivity contribution in [1.29, 1.82) is 0 Å². The number of fused-ring (bicyclic) bond motifs is 1. The van der Waals surface area contributed by atoms with Crippen molar-refractivity contribution in [2.24, 2.45) is 0 Å². The second-order valence-electron chi connectivity index (χ2n) is 6.42. The molecule has 26 heavy (non-hydrogen) atoms. The molecule has 4 rings (SSSR count). The van der Waals surface area contributed by atoms with Gasteiger partial charge in [-0.25, -0.2) is 0 Å². The molecule has 0 atom stereocenters. The maximum absolute atomic E-state index is 12.2. The molecule has 0 unspecified atom stereocenters. The molecular weight excluding hydrogens is 326 g/mol. The molecule has 0 saturated carbocycles. The average molecular weight is 347 g/mol. The summed E-state index contributed by atoms with van der Waals surface area (Å²) in [7, 11) is 0. The summed E-state index contributed by atoms with van der Waals surface area (Å²) < 4.78 is 2.04. The Hall–Kier alpha value is -3.02. The summed E-state index contributed by atoms with van der Waals surface area (Å²) in [5.74, 6) is -0.107. The van der Waals surface area contributed by atoms with Gasteiger partial charge < -0.3 is 5.32 Å². The SMILES string of the molecule is O=C(NCCn1nc(-c2ccccn2)c2c1CCCC2)c1cccnc1. The Morgan fingerprint density at radius 1 is 1.12 bits per heavy atom. The maximum Gasteiger partial charge on any atom is 0.252 e. The lowest BCUT2D eigenvalue weighted by Crippen LogP contribution is -2.28. The Balaban J connectivity index is 1.50. The highest BCUT2D eigenvalue weighted by Crippen LogP contribution is 2.30. The van der Waals surface area contributed by atoms with Gasteiger partial charge in [-0.1, -0.05) is 6.07 Å². The highest BCUT2D eigenvalue weighted by molar-refractivity contribution is 5.93. The van der Waals surface area contributed by atoms with Gasteiger partial charge >= 0.3 is 0 Å². The van der Waals surface area contributed by atoms with Gasteiger partial charge in [-0.05, 0) is 49.9 Å². The number of amides is 1. The van der Waals surface area contributed by atoms with Crippen LogP contribution in [0.4, 0.5) is 0 Å². The lowest BCUT2D eigenvalue weighted by Gasteiger charge is -2.14. The van der Waals surface area contributed by atoms with Gasteiger partial charge in [0.25, 0.3) is 5.91 Å². The standard InChI is InChI=1S/C20H21N5O/c26-20(15-6-5-10-21-14-15)23-12-13-25-18-9-2-1-7-16(18)19(24-25)17-8-3-4-11-22-17/h3-6,8,10-11,14H,1-2,7,9,12-13H2,(H,23,26). The number of carbonyl (C=O) groups is 1. The van der Waals surface area contributed by atoms with Crippen molar-refractivity contribution < 1.29 is 4.79 Å². The minimum absolute atomic E-state index is 0.107. The molecule has 132 valence electrons. The zero-order chi connectivity index (χ0) is 17.8. The van der Waals surface area contributed by atoms with Gasteiger partial charge in [0.2, 0.25) is 0 Å². The molecule has 6 heteroatoms. The number of hydrogen-bond donors (Lipinski definition) is 1. The van der Waals surface area contributed by atoms with Crippen LogP contribution in [0.1, 0.15) is 34.5 Å². The van der Waals surface area contributed by atoms with Crippen molar-refractivity contribution in [3.63, 3.8) is 0 Å². The molecule has 3 aromatic rings. The van der Waals surface area contributed by atoms with E-state index in [9.17, 15) is 4.79 Å². The summed E-state index contributed by atoms with van der Waals surface area (Å²) in [6.45, 7) is 1.19. The first-order valence-corrected chi connectivity index (χ1v) is 9.01. The fourth-order valence-corrected chi connectivity index (χ4v) is 3.44. The van der Waals surface area contributed by atoms with Gasteiger partial charge in [-0.15, -0.1) is 0 Å². The van der Waals surface area contributed by atoms with Crippen LogP contribution in [0.25, 0.3) is 11.4 Å². The Morgan fingerprint density at radius 2 is 2.04 bits per heavy atom. The number of nitrogens with zero attached hydrogens (tertiary/aromatic N) is 4. The maximum atomic E-state index is 12.2. The first-order valence-electron chi connectivity index (χ1n) is 9.01. The third kappa shape index (κ3) is 3.35. The quantitative estimate of drug-likeness (QED) is 0.770. The van der Waals surface area contributed by atoms with Gasteiger partial charge in [0.15, 0.2) is 0 Å². The predicted octanol–water partition coefficient (Wildman–Crippen LogP) is 2.65. The molecule has 0 fully saturated rings. The Morgan fingerprint density at radius 3 is 2.85 bits per heavy atom. The molecule has 6 nitrogen and oxygen atoms in total. The first-order chi connectivity index (χ1) is 12.8. The Labute approximate surface area is 152 Å². The molecule has 3 aromatic heterocycles. The number of nitrogens with one attached hydrogen (secondary N) is 1. The van der Waals surface area contributed by atoms with Crippen LogP contribution in [0, 0.1) is 0 Å². The third-order valence-corrected chi connectivity index (χ3v) is 4.70. The largest absolute Gasteiger partial charge is 0.350 e. The average Bonchev–Trinajstić information content (AvgIpc) is 3.08. The van der Waals surface area contributed by atoms with Gasteiger partial charge in [-0.2, -0.15) is 5.10 Å². The van der Waals surface area contributed by atoms with Crippen LogP contribution in [-0.2, 0) is 19.4 Å². The summed E-state index contributed by atoms with van der Waals surface area (Å²) in [5.41, 5.74) is 5.08. The van der Waals surface area contributed by atoms with Crippen molar-refractivity contribution in [2.45, 2.75) is 32.2 Å². The summed E-state index contributed by atoms with van der Waals surface area (Å²) in [4.78, 5) is 20.6. The van der Waals surface area contributed by atoms with Crippen molar-refractivity contribution in [1.82, 2.24) is 25.1 Å². The number of pyridine rings is 2. The van der Waals surface area contributed by atoms with Gasteiger partial charge in [0, 0.05) is 36.4 Å². The molecule has 3 heterocycles. The molecule has 0 bridgehead atoms. The van der Waals surface area contributed by atoms with E-state index in [4.69, 9.17) is 5.10 Å². The van der Waals surface area contributed by atoms with Crippen LogP contribution in [0.2, 0.25) is 0 Å². The molecule has 1 N–H and O–H groups in total. The van der Waals surface area contributed by atoms with E-state index in [2.05, 4.69) is 15.3 Å². The molecule has 0 aromatic carbocycles. The van der Waals surface area contributed by atoms with E-state index < -0.39 is 0 Å². The highest BCUT2D eigenvalue weighted by Gasteiger charge is 2.22. The Kier molecular flexibility index (Phi) is 4.73. The van der Waals surface area contributed by atoms with E-state index in [1.54, 1.807) is 30.7 Å². The first kappa shape index (κ1) is 16.4.